The fourth-order valence-corrected chi connectivity index (χ4v) is 3.05. The number of nitrogens with zero attached hydrogens (tertiary/aromatic N) is 1. The van der Waals surface area contributed by atoms with Gasteiger partial charge in [0.05, 0.1) is 0 Å². The van der Waals surface area contributed by atoms with Crippen LogP contribution in [-0.2, 0) is 0 Å². The fraction of sp³-hybridized carbons (Fsp3) is 0.867. The van der Waals surface area contributed by atoms with Gasteiger partial charge in [0.2, 0.25) is 0 Å². The molecule has 1 aliphatic carbocycles. The van der Waals surface area contributed by atoms with E-state index in [9.17, 15) is 0 Å². The van der Waals surface area contributed by atoms with Gasteiger partial charge in [0.1, 0.15) is 0 Å². The van der Waals surface area contributed by atoms with Gasteiger partial charge in [-0.2, -0.15) is 0 Å². The Morgan fingerprint density at radius 2 is 1.94 bits per heavy atom. The van der Waals surface area contributed by atoms with Gasteiger partial charge in [-0.25, -0.2) is 0 Å². The third-order valence-corrected chi connectivity index (χ3v) is 4.23. The zero-order valence-electron chi connectivity index (χ0n) is 11.6. The third-order valence-electron chi connectivity index (χ3n) is 4.23. The largest absolute Gasteiger partial charge is 0.330 e. The van der Waals surface area contributed by atoms with Gasteiger partial charge in [0.15, 0.2) is 0 Å². The zero-order valence-corrected chi connectivity index (χ0v) is 11.6. The van der Waals surface area contributed by atoms with Gasteiger partial charge in [-0.3, -0.25) is 4.90 Å². The first-order chi connectivity index (χ1) is 8.26. The summed E-state index contributed by atoms with van der Waals surface area (Å²) < 4.78 is 0. The van der Waals surface area contributed by atoms with Crippen molar-refractivity contribution in [2.45, 2.75) is 51.9 Å². The molecular weight excluding hydrogens is 208 g/mol. The van der Waals surface area contributed by atoms with Gasteiger partial charge in [-0.1, -0.05) is 32.3 Å². The average molecular weight is 238 g/mol. The molecule has 0 bridgehead atoms. The summed E-state index contributed by atoms with van der Waals surface area (Å²) in [6, 6.07) is 0. The van der Waals surface area contributed by atoms with Crippen LogP contribution in [0, 0.1) is 5.41 Å². The van der Waals surface area contributed by atoms with Crippen molar-refractivity contribution in [2.75, 3.05) is 26.2 Å². The van der Waals surface area contributed by atoms with Crippen molar-refractivity contribution in [2.24, 2.45) is 11.1 Å². The maximum atomic E-state index is 6.03. The third kappa shape index (κ3) is 4.81. The predicted octanol–water partition coefficient (Wildman–Crippen LogP) is 3.18. The molecule has 1 rings (SSSR count). The van der Waals surface area contributed by atoms with Crippen molar-refractivity contribution in [3.63, 3.8) is 0 Å². The van der Waals surface area contributed by atoms with Crippen molar-refractivity contribution in [1.29, 1.82) is 0 Å². The normalized spacial score (nSPS) is 19.5. The van der Waals surface area contributed by atoms with Crippen LogP contribution in [0.1, 0.15) is 51.9 Å². The Balaban J connectivity index is 2.41. The monoisotopic (exact) mass is 238 g/mol. The molecule has 0 aromatic rings. The van der Waals surface area contributed by atoms with Crippen LogP contribution in [0.25, 0.3) is 0 Å². The Bertz CT molecular complexity index is 207. The van der Waals surface area contributed by atoms with E-state index < -0.39 is 0 Å². The Kier molecular flexibility index (Phi) is 6.83. The molecule has 0 amide bonds. The summed E-state index contributed by atoms with van der Waals surface area (Å²) in [5.41, 5.74) is 6.48. The lowest BCUT2D eigenvalue weighted by molar-refractivity contribution is 0.151. The first kappa shape index (κ1) is 14.7. The molecule has 2 heteroatoms. The lowest BCUT2D eigenvalue weighted by Crippen LogP contribution is -2.37. The van der Waals surface area contributed by atoms with Crippen molar-refractivity contribution >= 4 is 0 Å². The van der Waals surface area contributed by atoms with Crippen molar-refractivity contribution in [3.8, 4) is 0 Å². The molecule has 17 heavy (non-hydrogen) atoms. The van der Waals surface area contributed by atoms with Gasteiger partial charge in [-0.15, -0.1) is 6.58 Å². The van der Waals surface area contributed by atoms with E-state index in [4.69, 9.17) is 5.73 Å². The quantitative estimate of drug-likeness (QED) is 0.658. The molecule has 0 saturated heterocycles. The van der Waals surface area contributed by atoms with Crippen LogP contribution in [0.3, 0.4) is 0 Å². The van der Waals surface area contributed by atoms with Crippen LogP contribution in [-0.4, -0.2) is 31.1 Å². The summed E-state index contributed by atoms with van der Waals surface area (Å²) in [5, 5.41) is 0. The maximum Gasteiger partial charge on any atom is 0.0160 e. The van der Waals surface area contributed by atoms with Gasteiger partial charge >= 0.3 is 0 Å². The molecule has 2 N–H and O–H groups in total. The summed E-state index contributed by atoms with van der Waals surface area (Å²) in [6.45, 7) is 10.4. The zero-order chi connectivity index (χ0) is 12.6. The Morgan fingerprint density at radius 3 is 2.47 bits per heavy atom. The van der Waals surface area contributed by atoms with Crippen molar-refractivity contribution in [3.05, 3.63) is 12.7 Å². The predicted molar refractivity (Wildman–Crippen MR) is 76.1 cm³/mol. The second kappa shape index (κ2) is 7.88. The number of rotatable bonds is 8. The molecule has 0 spiro atoms. The molecule has 0 aromatic heterocycles. The van der Waals surface area contributed by atoms with Crippen LogP contribution < -0.4 is 5.73 Å². The lowest BCUT2D eigenvalue weighted by Gasteiger charge is -2.38. The highest BCUT2D eigenvalue weighted by molar-refractivity contribution is 4.85. The van der Waals surface area contributed by atoms with E-state index >= 15 is 0 Å². The smallest absolute Gasteiger partial charge is 0.0160 e. The van der Waals surface area contributed by atoms with Gasteiger partial charge in [-0.05, 0) is 50.7 Å². The van der Waals surface area contributed by atoms with E-state index in [1.54, 1.807) is 0 Å². The molecule has 0 aliphatic heterocycles. The SMILES string of the molecule is C=CCN(CCC)CCC1(CN)CCCCC1. The molecule has 1 fully saturated rings. The van der Waals surface area contributed by atoms with E-state index in [2.05, 4.69) is 18.4 Å². The van der Waals surface area contributed by atoms with E-state index in [1.807, 2.05) is 6.08 Å². The van der Waals surface area contributed by atoms with E-state index in [1.165, 1.54) is 58.0 Å². The molecule has 1 saturated carbocycles. The minimum Gasteiger partial charge on any atom is -0.330 e. The number of hydrogen-bond acceptors (Lipinski definition) is 2. The molecule has 0 heterocycles. The van der Waals surface area contributed by atoms with E-state index in [0.717, 1.165) is 13.1 Å². The molecule has 0 aromatic carbocycles. The average Bonchev–Trinajstić information content (AvgIpc) is 2.38. The minimum absolute atomic E-state index is 0.450. The lowest BCUT2D eigenvalue weighted by atomic mass is 9.72. The van der Waals surface area contributed by atoms with Crippen LogP contribution in [0.2, 0.25) is 0 Å². The van der Waals surface area contributed by atoms with Crippen molar-refractivity contribution < 1.29 is 0 Å². The Hall–Kier alpha value is -0.340. The van der Waals surface area contributed by atoms with Crippen LogP contribution >= 0.6 is 0 Å². The van der Waals surface area contributed by atoms with Crippen LogP contribution in [0.5, 0.6) is 0 Å². The van der Waals surface area contributed by atoms with E-state index in [0.29, 0.717) is 5.41 Å². The summed E-state index contributed by atoms with van der Waals surface area (Å²) >= 11 is 0. The van der Waals surface area contributed by atoms with Gasteiger partial charge < -0.3 is 5.73 Å². The number of hydrogen-bond donors (Lipinski definition) is 1. The first-order valence-corrected chi connectivity index (χ1v) is 7.29. The topological polar surface area (TPSA) is 29.3 Å². The standard InChI is InChI=1S/C15H30N2/c1-3-11-17(12-4-2)13-10-15(14-16)8-6-5-7-9-15/h3H,1,4-14,16H2,2H3. The molecule has 2 nitrogen and oxygen atoms in total. The Morgan fingerprint density at radius 1 is 1.24 bits per heavy atom. The van der Waals surface area contributed by atoms with Gasteiger partial charge in [0, 0.05) is 6.54 Å². The maximum absolute atomic E-state index is 6.03. The molecule has 1 aliphatic rings. The minimum atomic E-state index is 0.450. The van der Waals surface area contributed by atoms with E-state index in [-0.39, 0.29) is 0 Å². The summed E-state index contributed by atoms with van der Waals surface area (Å²) in [5.74, 6) is 0. The van der Waals surface area contributed by atoms with Crippen molar-refractivity contribution in [1.82, 2.24) is 4.90 Å². The molecule has 0 atom stereocenters. The highest BCUT2D eigenvalue weighted by Gasteiger charge is 2.30. The van der Waals surface area contributed by atoms with Crippen LogP contribution in [0.15, 0.2) is 12.7 Å². The van der Waals surface area contributed by atoms with Gasteiger partial charge in [0.25, 0.3) is 0 Å². The molecular formula is C15H30N2. The molecule has 0 unspecified atom stereocenters. The number of nitrogens with two attached hydrogens (primary N) is 1. The Labute approximate surface area is 107 Å². The highest BCUT2D eigenvalue weighted by Crippen LogP contribution is 2.38. The molecule has 0 radical (unpaired) electrons. The second-order valence-corrected chi connectivity index (χ2v) is 5.60. The first-order valence-electron chi connectivity index (χ1n) is 7.29. The fourth-order valence-electron chi connectivity index (χ4n) is 3.05. The summed E-state index contributed by atoms with van der Waals surface area (Å²) in [6.07, 6.45) is 11.4. The second-order valence-electron chi connectivity index (χ2n) is 5.60. The highest BCUT2D eigenvalue weighted by atomic mass is 15.1. The summed E-state index contributed by atoms with van der Waals surface area (Å²) in [4.78, 5) is 2.51. The molecule has 100 valence electrons. The summed E-state index contributed by atoms with van der Waals surface area (Å²) in [7, 11) is 0. The van der Waals surface area contributed by atoms with Crippen LogP contribution in [0.4, 0.5) is 0 Å².